The molecule has 0 fully saturated rings. The van der Waals surface area contributed by atoms with Crippen molar-refractivity contribution < 1.29 is 33.5 Å². The highest BCUT2D eigenvalue weighted by atomic mass is 35.5. The van der Waals surface area contributed by atoms with Gasteiger partial charge in [0.2, 0.25) is 0 Å². The smallest absolute Gasteiger partial charge is 0.329 e. The predicted octanol–water partition coefficient (Wildman–Crippen LogP) is 3.20. The van der Waals surface area contributed by atoms with Crippen molar-refractivity contribution in [1.29, 1.82) is 0 Å². The lowest BCUT2D eigenvalue weighted by Crippen LogP contribution is -2.46. The van der Waals surface area contributed by atoms with E-state index in [1.54, 1.807) is 32.0 Å². The molecule has 12 heteroatoms. The topological polar surface area (TPSA) is 146 Å². The van der Waals surface area contributed by atoms with Crippen LogP contribution in [0.3, 0.4) is 0 Å². The number of ether oxygens (including phenoxy) is 3. The summed E-state index contributed by atoms with van der Waals surface area (Å²) >= 11 is 5.98. The first-order valence-corrected chi connectivity index (χ1v) is 10.4. The fourth-order valence-corrected chi connectivity index (χ4v) is 3.10. The number of esters is 1. The summed E-state index contributed by atoms with van der Waals surface area (Å²) in [7, 11) is 2.91. The van der Waals surface area contributed by atoms with Crippen molar-refractivity contribution >= 4 is 40.8 Å². The number of nitro groups is 1. The molecular formula is C22H24ClN3O8. The van der Waals surface area contributed by atoms with Gasteiger partial charge < -0.3 is 24.8 Å². The number of non-ortho nitro benzene ring substituents is 1. The molecule has 2 rings (SSSR count). The normalized spacial score (nSPS) is 11.4. The second-order valence-corrected chi connectivity index (χ2v) is 7.75. The van der Waals surface area contributed by atoms with Gasteiger partial charge in [0.05, 0.1) is 35.4 Å². The molecule has 0 spiro atoms. The molecule has 11 nitrogen and oxygen atoms in total. The molecule has 0 aromatic heterocycles. The average Bonchev–Trinajstić information content (AvgIpc) is 2.80. The molecule has 0 aliphatic heterocycles. The number of carbonyl (C=O) groups excluding carboxylic acids is 3. The van der Waals surface area contributed by atoms with E-state index in [1.165, 1.54) is 20.3 Å². The fourth-order valence-electron chi connectivity index (χ4n) is 2.84. The Balaban J connectivity index is 2.03. The molecule has 182 valence electrons. The van der Waals surface area contributed by atoms with Gasteiger partial charge in [0, 0.05) is 18.2 Å². The molecule has 2 aromatic carbocycles. The number of benzene rings is 2. The highest BCUT2D eigenvalue weighted by molar-refractivity contribution is 6.34. The van der Waals surface area contributed by atoms with E-state index in [-0.39, 0.29) is 16.3 Å². The predicted molar refractivity (Wildman–Crippen MR) is 123 cm³/mol. The number of methoxy groups -OCH3 is 2. The van der Waals surface area contributed by atoms with Gasteiger partial charge >= 0.3 is 5.97 Å². The maximum Gasteiger partial charge on any atom is 0.329 e. The molecule has 0 saturated heterocycles. The largest absolute Gasteiger partial charge is 0.497 e. The second kappa shape index (κ2) is 11.8. The Morgan fingerprint density at radius 2 is 1.79 bits per heavy atom. The Kier molecular flexibility index (Phi) is 9.19. The Morgan fingerprint density at radius 3 is 2.35 bits per heavy atom. The van der Waals surface area contributed by atoms with Crippen LogP contribution in [0.25, 0.3) is 0 Å². The lowest BCUT2D eigenvalue weighted by molar-refractivity contribution is -0.384. The van der Waals surface area contributed by atoms with Crippen molar-refractivity contribution in [1.82, 2.24) is 5.32 Å². The summed E-state index contributed by atoms with van der Waals surface area (Å²) in [4.78, 5) is 47.7. The van der Waals surface area contributed by atoms with E-state index in [0.29, 0.717) is 17.2 Å². The number of nitrogens with one attached hydrogen (secondary N) is 2. The Hall–Kier alpha value is -3.86. The number of nitro benzene ring substituents is 1. The van der Waals surface area contributed by atoms with Gasteiger partial charge in [-0.1, -0.05) is 25.4 Å². The number of amides is 2. The van der Waals surface area contributed by atoms with Crippen LogP contribution < -0.4 is 20.1 Å². The van der Waals surface area contributed by atoms with Crippen LogP contribution in [0, 0.1) is 16.0 Å². The van der Waals surface area contributed by atoms with Crippen LogP contribution in [0.5, 0.6) is 11.5 Å². The van der Waals surface area contributed by atoms with Crippen molar-refractivity contribution in [3.63, 3.8) is 0 Å². The average molecular weight is 494 g/mol. The van der Waals surface area contributed by atoms with Crippen LogP contribution >= 0.6 is 11.6 Å². The molecule has 2 aromatic rings. The van der Waals surface area contributed by atoms with Gasteiger partial charge in [-0.15, -0.1) is 0 Å². The van der Waals surface area contributed by atoms with Crippen LogP contribution in [0.2, 0.25) is 5.02 Å². The molecule has 2 amide bonds. The van der Waals surface area contributed by atoms with Crippen LogP contribution in [-0.2, 0) is 14.3 Å². The standard InChI is InChI=1S/C22H24ClN3O8/c1-12(2)20(25-21(28)15-7-5-13(26(30)31)9-16(15)23)22(29)34-11-19(27)24-17-10-14(32-3)6-8-18(17)33-4/h5-10,12,20H,11H2,1-4H3,(H,24,27)(H,25,28)/t20-/m0/s1. The van der Waals surface area contributed by atoms with E-state index in [9.17, 15) is 24.5 Å². The van der Waals surface area contributed by atoms with Crippen molar-refractivity contribution in [2.24, 2.45) is 5.92 Å². The molecule has 34 heavy (non-hydrogen) atoms. The number of hydrogen-bond donors (Lipinski definition) is 2. The van der Waals surface area contributed by atoms with E-state index in [0.717, 1.165) is 12.1 Å². The zero-order valence-electron chi connectivity index (χ0n) is 18.9. The first-order valence-electron chi connectivity index (χ1n) is 10.0. The third kappa shape index (κ3) is 6.82. The van der Waals surface area contributed by atoms with Gasteiger partial charge in [0.25, 0.3) is 17.5 Å². The first kappa shape index (κ1) is 26.4. The van der Waals surface area contributed by atoms with Gasteiger partial charge in [-0.2, -0.15) is 0 Å². The number of anilines is 1. The SMILES string of the molecule is COc1ccc(OC)c(NC(=O)COC(=O)[C@@H](NC(=O)c2ccc([N+](=O)[O-])cc2Cl)C(C)C)c1. The molecule has 0 bridgehead atoms. The number of halogens is 1. The van der Waals surface area contributed by atoms with Gasteiger partial charge in [0.1, 0.15) is 17.5 Å². The monoisotopic (exact) mass is 493 g/mol. The minimum Gasteiger partial charge on any atom is -0.497 e. The Labute approximate surface area is 200 Å². The van der Waals surface area contributed by atoms with Crippen LogP contribution in [0.4, 0.5) is 11.4 Å². The van der Waals surface area contributed by atoms with Gasteiger partial charge in [-0.05, 0) is 24.1 Å². The summed E-state index contributed by atoms with van der Waals surface area (Å²) in [6.45, 7) is 2.73. The van der Waals surface area contributed by atoms with Crippen molar-refractivity contribution in [2.45, 2.75) is 19.9 Å². The molecular weight excluding hydrogens is 470 g/mol. The molecule has 1 atom stereocenters. The van der Waals surface area contributed by atoms with Crippen molar-refractivity contribution in [3.8, 4) is 11.5 Å². The molecule has 0 unspecified atom stereocenters. The fraction of sp³-hybridized carbons (Fsp3) is 0.318. The lowest BCUT2D eigenvalue weighted by atomic mass is 10.0. The minimum absolute atomic E-state index is 0.0476. The van der Waals surface area contributed by atoms with E-state index in [4.69, 9.17) is 25.8 Å². The molecule has 0 heterocycles. The zero-order valence-corrected chi connectivity index (χ0v) is 19.7. The van der Waals surface area contributed by atoms with Crippen LogP contribution in [-0.4, -0.2) is 49.6 Å². The number of hydrogen-bond acceptors (Lipinski definition) is 8. The molecule has 2 N–H and O–H groups in total. The summed E-state index contributed by atoms with van der Waals surface area (Å²) in [6, 6.07) is 7.06. The Bertz CT molecular complexity index is 1090. The summed E-state index contributed by atoms with van der Waals surface area (Å²) in [5.74, 6) is -1.72. The highest BCUT2D eigenvalue weighted by Gasteiger charge is 2.28. The number of rotatable bonds is 10. The molecule has 0 aliphatic carbocycles. The summed E-state index contributed by atoms with van der Waals surface area (Å²) in [6.07, 6.45) is 0. The molecule has 0 radical (unpaired) electrons. The van der Waals surface area contributed by atoms with E-state index in [2.05, 4.69) is 10.6 Å². The van der Waals surface area contributed by atoms with Crippen LogP contribution in [0.15, 0.2) is 36.4 Å². The summed E-state index contributed by atoms with van der Waals surface area (Å²) in [5.41, 5.74) is -0.00180. The van der Waals surface area contributed by atoms with Gasteiger partial charge in [-0.3, -0.25) is 19.7 Å². The van der Waals surface area contributed by atoms with Crippen LogP contribution in [0.1, 0.15) is 24.2 Å². The third-order valence-corrected chi connectivity index (χ3v) is 4.95. The van der Waals surface area contributed by atoms with E-state index < -0.39 is 41.3 Å². The van der Waals surface area contributed by atoms with Gasteiger partial charge in [-0.25, -0.2) is 4.79 Å². The van der Waals surface area contributed by atoms with Crippen molar-refractivity contribution in [3.05, 3.63) is 57.1 Å². The van der Waals surface area contributed by atoms with Crippen molar-refractivity contribution in [2.75, 3.05) is 26.1 Å². The highest BCUT2D eigenvalue weighted by Crippen LogP contribution is 2.29. The quantitative estimate of drug-likeness (QED) is 0.291. The third-order valence-electron chi connectivity index (χ3n) is 4.64. The maximum absolute atomic E-state index is 12.6. The second-order valence-electron chi connectivity index (χ2n) is 7.34. The maximum atomic E-state index is 12.6. The minimum atomic E-state index is -1.10. The number of nitrogens with zero attached hydrogens (tertiary/aromatic N) is 1. The molecule has 0 aliphatic rings. The summed E-state index contributed by atoms with van der Waals surface area (Å²) in [5, 5.41) is 15.8. The first-order chi connectivity index (χ1) is 16.1. The summed E-state index contributed by atoms with van der Waals surface area (Å²) < 4.78 is 15.4. The lowest BCUT2D eigenvalue weighted by Gasteiger charge is -2.21. The van der Waals surface area contributed by atoms with Gasteiger partial charge in [0.15, 0.2) is 6.61 Å². The molecule has 0 saturated carbocycles. The van der Waals surface area contributed by atoms with E-state index in [1.807, 2.05) is 0 Å². The Morgan fingerprint density at radius 1 is 1.09 bits per heavy atom. The van der Waals surface area contributed by atoms with E-state index >= 15 is 0 Å². The number of carbonyl (C=O) groups is 3. The zero-order chi connectivity index (χ0) is 25.4.